The molecule has 0 spiro atoms. The average molecular weight is 255 g/mol. The number of para-hydroxylation sites is 1. The number of hydrogen-bond acceptors (Lipinski definition) is 4. The van der Waals surface area contributed by atoms with Gasteiger partial charge in [0.15, 0.2) is 0 Å². The number of benzene rings is 1. The molecule has 0 radical (unpaired) electrons. The Morgan fingerprint density at radius 1 is 1.16 bits per heavy atom. The van der Waals surface area contributed by atoms with Crippen LogP contribution in [0.4, 0.5) is 5.95 Å². The average Bonchev–Trinajstić information content (AvgIpc) is 3.01. The van der Waals surface area contributed by atoms with Crippen LogP contribution in [0.1, 0.15) is 12.8 Å². The highest BCUT2D eigenvalue weighted by atomic mass is 16.3. The van der Waals surface area contributed by atoms with Crippen LogP contribution in [0.15, 0.2) is 30.5 Å². The summed E-state index contributed by atoms with van der Waals surface area (Å²) in [6.07, 6.45) is 3.86. The highest BCUT2D eigenvalue weighted by Crippen LogP contribution is 2.39. The number of aliphatic hydroxyl groups excluding tert-OH is 1. The van der Waals surface area contributed by atoms with Gasteiger partial charge in [-0.1, -0.05) is 18.2 Å². The maximum atomic E-state index is 9.97. The first-order valence-corrected chi connectivity index (χ1v) is 6.96. The van der Waals surface area contributed by atoms with Gasteiger partial charge in [0.25, 0.3) is 0 Å². The zero-order chi connectivity index (χ0) is 12.8. The van der Waals surface area contributed by atoms with Gasteiger partial charge >= 0.3 is 0 Å². The summed E-state index contributed by atoms with van der Waals surface area (Å²) in [5, 5.41) is 11.0. The molecule has 2 aliphatic rings. The molecule has 2 heterocycles. The van der Waals surface area contributed by atoms with Crippen molar-refractivity contribution in [2.45, 2.75) is 18.9 Å². The Morgan fingerprint density at radius 3 is 2.95 bits per heavy atom. The van der Waals surface area contributed by atoms with Crippen LogP contribution in [0, 0.1) is 11.8 Å². The Hall–Kier alpha value is -1.68. The second-order valence-corrected chi connectivity index (χ2v) is 5.70. The van der Waals surface area contributed by atoms with Crippen molar-refractivity contribution in [3.05, 3.63) is 30.5 Å². The molecule has 4 heteroatoms. The van der Waals surface area contributed by atoms with Crippen molar-refractivity contribution in [3.8, 4) is 0 Å². The van der Waals surface area contributed by atoms with Crippen LogP contribution in [0.25, 0.3) is 10.9 Å². The summed E-state index contributed by atoms with van der Waals surface area (Å²) < 4.78 is 0. The van der Waals surface area contributed by atoms with Gasteiger partial charge in [0.1, 0.15) is 0 Å². The fourth-order valence-corrected chi connectivity index (χ4v) is 3.51. The summed E-state index contributed by atoms with van der Waals surface area (Å²) in [7, 11) is 0. The molecule has 0 amide bonds. The Labute approximate surface area is 112 Å². The van der Waals surface area contributed by atoms with Gasteiger partial charge in [0.05, 0.1) is 11.6 Å². The summed E-state index contributed by atoms with van der Waals surface area (Å²) >= 11 is 0. The maximum Gasteiger partial charge on any atom is 0.225 e. The predicted molar refractivity (Wildman–Crippen MR) is 74.0 cm³/mol. The third-order valence-corrected chi connectivity index (χ3v) is 4.58. The van der Waals surface area contributed by atoms with E-state index < -0.39 is 0 Å². The van der Waals surface area contributed by atoms with Gasteiger partial charge in [0.2, 0.25) is 5.95 Å². The number of nitrogens with zero attached hydrogens (tertiary/aromatic N) is 3. The van der Waals surface area contributed by atoms with Gasteiger partial charge in [-0.3, -0.25) is 0 Å². The van der Waals surface area contributed by atoms with Crippen LogP contribution in [0.3, 0.4) is 0 Å². The lowest BCUT2D eigenvalue weighted by Crippen LogP contribution is -2.25. The zero-order valence-corrected chi connectivity index (χ0v) is 10.7. The van der Waals surface area contributed by atoms with E-state index in [9.17, 15) is 5.11 Å². The first kappa shape index (κ1) is 11.2. The van der Waals surface area contributed by atoms with Gasteiger partial charge in [-0.15, -0.1) is 0 Å². The molecule has 19 heavy (non-hydrogen) atoms. The Kier molecular flexibility index (Phi) is 2.45. The number of hydrogen-bond donors (Lipinski definition) is 1. The van der Waals surface area contributed by atoms with Crippen LogP contribution in [0.2, 0.25) is 0 Å². The number of fused-ring (bicyclic) bond motifs is 2. The Morgan fingerprint density at radius 2 is 2.05 bits per heavy atom. The molecule has 1 N–H and O–H groups in total. The second-order valence-electron chi connectivity index (χ2n) is 5.70. The third-order valence-electron chi connectivity index (χ3n) is 4.58. The van der Waals surface area contributed by atoms with Gasteiger partial charge in [-0.25, -0.2) is 9.97 Å². The number of aromatic nitrogens is 2. The fourth-order valence-electron chi connectivity index (χ4n) is 3.51. The largest absolute Gasteiger partial charge is 0.393 e. The Balaban J connectivity index is 1.65. The second kappa shape index (κ2) is 4.17. The molecule has 4 rings (SSSR count). The molecule has 0 bridgehead atoms. The summed E-state index contributed by atoms with van der Waals surface area (Å²) in [4.78, 5) is 11.3. The van der Waals surface area contributed by atoms with Gasteiger partial charge in [-0.2, -0.15) is 0 Å². The standard InChI is InChI=1S/C15H17N3O/c19-14-6-5-11-8-18(9-12(11)14)15-16-7-10-3-1-2-4-13(10)17-15/h1-4,7,11-12,14,19H,5-6,8-9H2. The number of anilines is 1. The highest BCUT2D eigenvalue weighted by Gasteiger charge is 2.42. The molecular weight excluding hydrogens is 238 g/mol. The predicted octanol–water partition coefficient (Wildman–Crippen LogP) is 1.84. The van der Waals surface area contributed by atoms with E-state index in [1.807, 2.05) is 30.5 Å². The van der Waals surface area contributed by atoms with Gasteiger partial charge < -0.3 is 10.0 Å². The van der Waals surface area contributed by atoms with Crippen molar-refractivity contribution in [2.75, 3.05) is 18.0 Å². The molecular formula is C15H17N3O. The fraction of sp³-hybridized carbons (Fsp3) is 0.467. The maximum absolute atomic E-state index is 9.97. The normalized spacial score (nSPS) is 29.9. The van der Waals surface area contributed by atoms with Crippen LogP contribution in [-0.4, -0.2) is 34.3 Å². The van der Waals surface area contributed by atoms with Crippen molar-refractivity contribution in [1.29, 1.82) is 0 Å². The van der Waals surface area contributed by atoms with Crippen molar-refractivity contribution >= 4 is 16.9 Å². The summed E-state index contributed by atoms with van der Waals surface area (Å²) in [6.45, 7) is 1.88. The van der Waals surface area contributed by atoms with Crippen LogP contribution in [-0.2, 0) is 0 Å². The number of rotatable bonds is 1. The van der Waals surface area contributed by atoms with Gasteiger partial charge in [-0.05, 0) is 24.8 Å². The molecule has 3 atom stereocenters. The molecule has 2 fully saturated rings. The van der Waals surface area contributed by atoms with E-state index in [4.69, 9.17) is 0 Å². The molecule has 4 nitrogen and oxygen atoms in total. The van der Waals surface area contributed by atoms with E-state index >= 15 is 0 Å². The summed E-state index contributed by atoms with van der Waals surface area (Å²) in [5.74, 6) is 1.83. The van der Waals surface area contributed by atoms with Crippen LogP contribution in [0.5, 0.6) is 0 Å². The minimum absolute atomic E-state index is 0.129. The van der Waals surface area contributed by atoms with E-state index in [-0.39, 0.29) is 6.10 Å². The molecule has 1 aromatic carbocycles. The quantitative estimate of drug-likeness (QED) is 0.844. The minimum Gasteiger partial charge on any atom is -0.393 e. The topological polar surface area (TPSA) is 49.2 Å². The molecule has 1 aliphatic carbocycles. The van der Waals surface area contributed by atoms with E-state index in [0.29, 0.717) is 11.8 Å². The smallest absolute Gasteiger partial charge is 0.225 e. The summed E-state index contributed by atoms with van der Waals surface area (Å²) in [5.41, 5.74) is 0.991. The van der Waals surface area contributed by atoms with E-state index in [1.165, 1.54) is 0 Å². The van der Waals surface area contributed by atoms with E-state index in [0.717, 1.165) is 42.8 Å². The first-order chi connectivity index (χ1) is 9.31. The van der Waals surface area contributed by atoms with Crippen molar-refractivity contribution < 1.29 is 5.11 Å². The van der Waals surface area contributed by atoms with Crippen LogP contribution < -0.4 is 4.90 Å². The van der Waals surface area contributed by atoms with Crippen LogP contribution >= 0.6 is 0 Å². The number of aliphatic hydroxyl groups is 1. The molecule has 98 valence electrons. The zero-order valence-electron chi connectivity index (χ0n) is 10.7. The van der Waals surface area contributed by atoms with Crippen molar-refractivity contribution in [1.82, 2.24) is 9.97 Å². The summed E-state index contributed by atoms with van der Waals surface area (Å²) in [6, 6.07) is 8.05. The lowest BCUT2D eigenvalue weighted by Gasteiger charge is -2.18. The molecule has 1 saturated heterocycles. The van der Waals surface area contributed by atoms with E-state index in [2.05, 4.69) is 14.9 Å². The molecule has 3 unspecified atom stereocenters. The minimum atomic E-state index is -0.129. The van der Waals surface area contributed by atoms with Crippen molar-refractivity contribution in [2.24, 2.45) is 11.8 Å². The molecule has 2 aromatic rings. The lowest BCUT2D eigenvalue weighted by atomic mass is 10.00. The first-order valence-electron chi connectivity index (χ1n) is 6.96. The van der Waals surface area contributed by atoms with Crippen molar-refractivity contribution in [3.63, 3.8) is 0 Å². The SMILES string of the molecule is OC1CCC2CN(c3ncc4ccccc4n3)CC12. The molecule has 1 aliphatic heterocycles. The monoisotopic (exact) mass is 255 g/mol. The molecule has 1 aromatic heterocycles. The lowest BCUT2D eigenvalue weighted by molar-refractivity contribution is 0.133. The Bertz CT molecular complexity index is 615. The van der Waals surface area contributed by atoms with E-state index in [1.54, 1.807) is 0 Å². The van der Waals surface area contributed by atoms with Gasteiger partial charge in [0, 0.05) is 30.6 Å². The molecule has 1 saturated carbocycles. The third kappa shape index (κ3) is 1.78. The highest BCUT2D eigenvalue weighted by molar-refractivity contribution is 5.78.